The Balaban J connectivity index is 3.95. The van der Waals surface area contributed by atoms with E-state index in [0.717, 1.165) is 18.2 Å². The van der Waals surface area contributed by atoms with E-state index in [9.17, 15) is 4.79 Å². The third-order valence-corrected chi connectivity index (χ3v) is 2.64. The number of hydrogen-bond donors (Lipinski definition) is 0. The third kappa shape index (κ3) is 4.99. The molecular formula is C8H14BrClO2. The zero-order valence-electron chi connectivity index (χ0n) is 7.40. The first-order valence-corrected chi connectivity index (χ1v) is 5.51. The minimum atomic E-state index is -0.499. The van der Waals surface area contributed by atoms with Gasteiger partial charge in [0.1, 0.15) is 5.60 Å². The molecule has 0 N–H and O–H groups in total. The predicted octanol–water partition coefficient (Wildman–Crippen LogP) is 2.72. The van der Waals surface area contributed by atoms with Crippen molar-refractivity contribution < 1.29 is 9.53 Å². The lowest BCUT2D eigenvalue weighted by molar-refractivity contribution is -0.153. The second kappa shape index (κ2) is 5.81. The quantitative estimate of drug-likeness (QED) is 0.559. The van der Waals surface area contributed by atoms with Crippen molar-refractivity contribution in [1.82, 2.24) is 0 Å². The van der Waals surface area contributed by atoms with Crippen LogP contribution in [0.1, 0.15) is 26.7 Å². The SMILES string of the molecule is CC(=O)OC(C)(CCl)CCCBr. The van der Waals surface area contributed by atoms with Crippen molar-refractivity contribution >= 4 is 33.5 Å². The Morgan fingerprint density at radius 3 is 2.58 bits per heavy atom. The molecule has 1 unspecified atom stereocenters. The lowest BCUT2D eigenvalue weighted by Gasteiger charge is -2.26. The largest absolute Gasteiger partial charge is 0.458 e. The van der Waals surface area contributed by atoms with Gasteiger partial charge in [-0.1, -0.05) is 15.9 Å². The van der Waals surface area contributed by atoms with Gasteiger partial charge in [0.2, 0.25) is 0 Å². The van der Waals surface area contributed by atoms with Gasteiger partial charge in [0.05, 0.1) is 5.88 Å². The molecule has 0 fully saturated rings. The number of esters is 1. The van der Waals surface area contributed by atoms with Crippen LogP contribution in [0.25, 0.3) is 0 Å². The number of carbonyl (C=O) groups excluding carboxylic acids is 1. The summed E-state index contributed by atoms with van der Waals surface area (Å²) in [5, 5.41) is 0.904. The van der Waals surface area contributed by atoms with Crippen molar-refractivity contribution in [2.75, 3.05) is 11.2 Å². The Morgan fingerprint density at radius 2 is 2.25 bits per heavy atom. The normalized spacial score (nSPS) is 15.3. The maximum Gasteiger partial charge on any atom is 0.303 e. The number of halogens is 2. The fraction of sp³-hybridized carbons (Fsp3) is 0.875. The smallest absolute Gasteiger partial charge is 0.303 e. The van der Waals surface area contributed by atoms with Gasteiger partial charge in [-0.3, -0.25) is 4.79 Å². The second-order valence-corrected chi connectivity index (χ2v) is 4.03. The summed E-state index contributed by atoms with van der Waals surface area (Å²) in [6.07, 6.45) is 1.75. The molecule has 0 rings (SSSR count). The topological polar surface area (TPSA) is 26.3 Å². The first-order chi connectivity index (χ1) is 5.54. The molecule has 12 heavy (non-hydrogen) atoms. The van der Waals surface area contributed by atoms with Crippen LogP contribution in [0, 0.1) is 0 Å². The summed E-state index contributed by atoms with van der Waals surface area (Å²) in [5.74, 6) is 0.0762. The minimum absolute atomic E-state index is 0.271. The standard InChI is InChI=1S/C8H14BrClO2/c1-7(11)12-8(2,6-10)4-3-5-9/h3-6H2,1-2H3. The van der Waals surface area contributed by atoms with Gasteiger partial charge in [-0.2, -0.15) is 0 Å². The maximum absolute atomic E-state index is 10.7. The Morgan fingerprint density at radius 1 is 1.67 bits per heavy atom. The van der Waals surface area contributed by atoms with Crippen molar-refractivity contribution in [3.8, 4) is 0 Å². The zero-order valence-corrected chi connectivity index (χ0v) is 9.74. The molecule has 0 aliphatic heterocycles. The fourth-order valence-electron chi connectivity index (χ4n) is 0.933. The van der Waals surface area contributed by atoms with E-state index in [4.69, 9.17) is 16.3 Å². The van der Waals surface area contributed by atoms with Crippen LogP contribution in [0.3, 0.4) is 0 Å². The average Bonchev–Trinajstić information content (AvgIpc) is 2.00. The van der Waals surface area contributed by atoms with Crippen LogP contribution < -0.4 is 0 Å². The Hall–Kier alpha value is 0.240. The van der Waals surface area contributed by atoms with Gasteiger partial charge in [0.15, 0.2) is 0 Å². The Labute approximate surface area is 86.7 Å². The van der Waals surface area contributed by atoms with Gasteiger partial charge in [0.25, 0.3) is 0 Å². The van der Waals surface area contributed by atoms with Gasteiger partial charge in [-0.05, 0) is 19.8 Å². The van der Waals surface area contributed by atoms with Crippen LogP contribution in [0.2, 0.25) is 0 Å². The Bertz CT molecular complexity index is 152. The van der Waals surface area contributed by atoms with Crippen LogP contribution in [-0.4, -0.2) is 22.8 Å². The van der Waals surface area contributed by atoms with E-state index in [-0.39, 0.29) is 5.97 Å². The second-order valence-electron chi connectivity index (χ2n) is 2.97. The lowest BCUT2D eigenvalue weighted by atomic mass is 10.0. The van der Waals surface area contributed by atoms with E-state index >= 15 is 0 Å². The molecular weight excluding hydrogens is 243 g/mol. The highest BCUT2D eigenvalue weighted by atomic mass is 79.9. The van der Waals surface area contributed by atoms with Gasteiger partial charge < -0.3 is 4.74 Å². The van der Waals surface area contributed by atoms with Crippen molar-refractivity contribution in [2.24, 2.45) is 0 Å². The molecule has 0 amide bonds. The third-order valence-electron chi connectivity index (χ3n) is 1.51. The molecule has 0 spiro atoms. The molecule has 2 nitrogen and oxygen atoms in total. The summed E-state index contributed by atoms with van der Waals surface area (Å²) in [4.78, 5) is 10.7. The first-order valence-electron chi connectivity index (χ1n) is 3.85. The molecule has 0 aromatic heterocycles. The molecule has 0 aromatic rings. The molecule has 0 bridgehead atoms. The molecule has 0 aromatic carbocycles. The summed E-state index contributed by atoms with van der Waals surface area (Å²) in [7, 11) is 0. The van der Waals surface area contributed by atoms with E-state index in [1.165, 1.54) is 6.92 Å². The molecule has 0 heterocycles. The number of hydrogen-bond acceptors (Lipinski definition) is 2. The molecule has 0 saturated heterocycles. The molecule has 0 radical (unpaired) electrons. The van der Waals surface area contributed by atoms with Gasteiger partial charge >= 0.3 is 5.97 Å². The highest BCUT2D eigenvalue weighted by molar-refractivity contribution is 9.09. The zero-order chi connectivity index (χ0) is 9.61. The van der Waals surface area contributed by atoms with Gasteiger partial charge in [-0.15, -0.1) is 11.6 Å². The monoisotopic (exact) mass is 256 g/mol. The number of ether oxygens (including phenoxy) is 1. The lowest BCUT2D eigenvalue weighted by Crippen LogP contribution is -2.32. The van der Waals surface area contributed by atoms with E-state index in [2.05, 4.69) is 15.9 Å². The van der Waals surface area contributed by atoms with Crippen molar-refractivity contribution in [3.05, 3.63) is 0 Å². The highest BCUT2D eigenvalue weighted by Gasteiger charge is 2.25. The number of alkyl halides is 2. The molecule has 0 saturated carbocycles. The van der Waals surface area contributed by atoms with E-state index < -0.39 is 5.60 Å². The van der Waals surface area contributed by atoms with Crippen molar-refractivity contribution in [3.63, 3.8) is 0 Å². The van der Waals surface area contributed by atoms with E-state index in [1.807, 2.05) is 6.92 Å². The minimum Gasteiger partial charge on any atom is -0.458 e. The van der Waals surface area contributed by atoms with Crippen molar-refractivity contribution in [1.29, 1.82) is 0 Å². The van der Waals surface area contributed by atoms with Crippen LogP contribution >= 0.6 is 27.5 Å². The predicted molar refractivity (Wildman–Crippen MR) is 53.9 cm³/mol. The summed E-state index contributed by atoms with van der Waals surface area (Å²) in [6, 6.07) is 0. The maximum atomic E-state index is 10.7. The summed E-state index contributed by atoms with van der Waals surface area (Å²) in [6.45, 7) is 3.25. The summed E-state index contributed by atoms with van der Waals surface area (Å²) < 4.78 is 5.10. The van der Waals surface area contributed by atoms with E-state index in [0.29, 0.717) is 5.88 Å². The molecule has 0 aliphatic carbocycles. The molecule has 0 aliphatic rings. The van der Waals surface area contributed by atoms with Gasteiger partial charge in [0, 0.05) is 12.3 Å². The highest BCUT2D eigenvalue weighted by Crippen LogP contribution is 2.20. The summed E-state index contributed by atoms with van der Waals surface area (Å²) >= 11 is 9.01. The summed E-state index contributed by atoms with van der Waals surface area (Å²) in [5.41, 5.74) is -0.499. The molecule has 1 atom stereocenters. The van der Waals surface area contributed by atoms with Crippen LogP contribution in [0.5, 0.6) is 0 Å². The molecule has 72 valence electrons. The van der Waals surface area contributed by atoms with E-state index in [1.54, 1.807) is 0 Å². The average molecular weight is 258 g/mol. The number of rotatable bonds is 5. The fourth-order valence-corrected chi connectivity index (χ4v) is 1.40. The van der Waals surface area contributed by atoms with Crippen LogP contribution in [0.15, 0.2) is 0 Å². The van der Waals surface area contributed by atoms with Crippen LogP contribution in [-0.2, 0) is 9.53 Å². The molecule has 4 heteroatoms. The van der Waals surface area contributed by atoms with Crippen molar-refractivity contribution in [2.45, 2.75) is 32.3 Å². The first kappa shape index (κ1) is 12.2. The Kier molecular flexibility index (Phi) is 5.93. The van der Waals surface area contributed by atoms with Crippen LogP contribution in [0.4, 0.5) is 0 Å². The van der Waals surface area contributed by atoms with Gasteiger partial charge in [-0.25, -0.2) is 0 Å². The number of carbonyl (C=O) groups is 1.